The van der Waals surface area contributed by atoms with Gasteiger partial charge in [-0.3, -0.25) is 4.90 Å². The number of rotatable bonds is 5. The highest BCUT2D eigenvalue weighted by Gasteiger charge is 2.23. The first kappa shape index (κ1) is 17.4. The van der Waals surface area contributed by atoms with Crippen LogP contribution in [0.4, 0.5) is 5.82 Å². The molecule has 0 amide bonds. The Morgan fingerprint density at radius 2 is 1.88 bits per heavy atom. The lowest BCUT2D eigenvalue weighted by molar-refractivity contribution is 0.0526. The number of hydrogen-bond acceptors (Lipinski definition) is 5. The van der Waals surface area contributed by atoms with Crippen molar-refractivity contribution in [2.45, 2.75) is 20.4 Å². The lowest BCUT2D eigenvalue weighted by Gasteiger charge is -2.36. The summed E-state index contributed by atoms with van der Waals surface area (Å²) in [6, 6.07) is 12.1. The molecule has 0 atom stereocenters. The molecule has 1 aliphatic rings. The van der Waals surface area contributed by atoms with E-state index in [-0.39, 0.29) is 5.97 Å². The Morgan fingerprint density at radius 3 is 2.60 bits per heavy atom. The highest BCUT2D eigenvalue weighted by atomic mass is 16.5. The minimum atomic E-state index is -0.298. The van der Waals surface area contributed by atoms with Gasteiger partial charge < -0.3 is 9.64 Å². The second-order valence-corrected chi connectivity index (χ2v) is 6.28. The molecule has 1 aromatic heterocycles. The van der Waals surface area contributed by atoms with Gasteiger partial charge in [0.15, 0.2) is 0 Å². The highest BCUT2D eigenvalue weighted by molar-refractivity contribution is 5.94. The van der Waals surface area contributed by atoms with E-state index in [2.05, 4.69) is 46.0 Å². The smallest absolute Gasteiger partial charge is 0.341 e. The van der Waals surface area contributed by atoms with Crippen molar-refractivity contribution in [2.75, 3.05) is 37.7 Å². The van der Waals surface area contributed by atoms with Crippen molar-refractivity contribution in [1.82, 2.24) is 9.88 Å². The van der Waals surface area contributed by atoms with Crippen molar-refractivity contribution < 1.29 is 9.53 Å². The predicted octanol–water partition coefficient (Wildman–Crippen LogP) is 2.89. The summed E-state index contributed by atoms with van der Waals surface area (Å²) in [4.78, 5) is 21.2. The maximum absolute atomic E-state index is 12.2. The molecule has 1 aromatic carbocycles. The fraction of sp³-hybridized carbons (Fsp3) is 0.400. The van der Waals surface area contributed by atoms with Gasteiger partial charge >= 0.3 is 5.97 Å². The van der Waals surface area contributed by atoms with E-state index in [1.165, 1.54) is 11.1 Å². The standard InChI is InChI=1S/C20H25N3O2/c1-3-25-20(24)18-9-6-10-21-19(18)23-13-11-22(12-14-23)15-17-8-5-4-7-16(17)2/h4-10H,3,11-15H2,1-2H3. The van der Waals surface area contributed by atoms with Gasteiger partial charge in [-0.2, -0.15) is 0 Å². The molecule has 2 aromatic rings. The largest absolute Gasteiger partial charge is 0.462 e. The summed E-state index contributed by atoms with van der Waals surface area (Å²) in [5, 5.41) is 0. The number of piperazine rings is 1. The van der Waals surface area contributed by atoms with Crippen molar-refractivity contribution in [1.29, 1.82) is 0 Å². The van der Waals surface area contributed by atoms with Gasteiger partial charge in [-0.1, -0.05) is 24.3 Å². The van der Waals surface area contributed by atoms with Crippen LogP contribution in [0.2, 0.25) is 0 Å². The van der Waals surface area contributed by atoms with Crippen LogP contribution in [0.3, 0.4) is 0 Å². The number of carbonyl (C=O) groups excluding carboxylic acids is 1. The molecule has 5 heteroatoms. The van der Waals surface area contributed by atoms with Crippen LogP contribution < -0.4 is 4.90 Å². The van der Waals surface area contributed by atoms with Crippen LogP contribution in [-0.2, 0) is 11.3 Å². The first-order chi connectivity index (χ1) is 12.2. The Bertz CT molecular complexity index is 724. The second-order valence-electron chi connectivity index (χ2n) is 6.28. The molecule has 1 aliphatic heterocycles. The average molecular weight is 339 g/mol. The van der Waals surface area contributed by atoms with Gasteiger partial charge in [0.05, 0.1) is 6.61 Å². The van der Waals surface area contributed by atoms with Crippen molar-refractivity contribution in [2.24, 2.45) is 0 Å². The Balaban J connectivity index is 1.65. The Hall–Kier alpha value is -2.40. The maximum atomic E-state index is 12.2. The second kappa shape index (κ2) is 8.12. The molecular formula is C20H25N3O2. The number of aromatic nitrogens is 1. The number of aryl methyl sites for hydroxylation is 1. The van der Waals surface area contributed by atoms with Crippen molar-refractivity contribution >= 4 is 11.8 Å². The number of benzene rings is 1. The monoisotopic (exact) mass is 339 g/mol. The van der Waals surface area contributed by atoms with Crippen molar-refractivity contribution in [3.05, 3.63) is 59.3 Å². The Kier molecular flexibility index (Phi) is 5.66. The quantitative estimate of drug-likeness (QED) is 0.784. The topological polar surface area (TPSA) is 45.7 Å². The van der Waals surface area contributed by atoms with Crippen LogP contribution in [0, 0.1) is 6.92 Å². The molecule has 0 aliphatic carbocycles. The van der Waals surface area contributed by atoms with Crippen LogP contribution in [0.15, 0.2) is 42.6 Å². The zero-order chi connectivity index (χ0) is 17.6. The molecular weight excluding hydrogens is 314 g/mol. The molecule has 5 nitrogen and oxygen atoms in total. The Labute approximate surface area is 149 Å². The van der Waals surface area contributed by atoms with E-state index in [1.54, 1.807) is 18.3 Å². The van der Waals surface area contributed by atoms with Crippen LogP contribution in [-0.4, -0.2) is 48.6 Å². The zero-order valence-corrected chi connectivity index (χ0v) is 14.9. The fourth-order valence-corrected chi connectivity index (χ4v) is 3.16. The molecule has 0 N–H and O–H groups in total. The third kappa shape index (κ3) is 4.17. The molecule has 0 spiro atoms. The lowest BCUT2D eigenvalue weighted by Crippen LogP contribution is -2.46. The first-order valence-corrected chi connectivity index (χ1v) is 8.83. The SMILES string of the molecule is CCOC(=O)c1cccnc1N1CCN(Cc2ccccc2C)CC1. The third-order valence-corrected chi connectivity index (χ3v) is 4.61. The highest BCUT2D eigenvalue weighted by Crippen LogP contribution is 2.21. The molecule has 0 bridgehead atoms. The zero-order valence-electron chi connectivity index (χ0n) is 14.9. The summed E-state index contributed by atoms with van der Waals surface area (Å²) in [5.74, 6) is 0.435. The van der Waals surface area contributed by atoms with Crippen molar-refractivity contribution in [3.63, 3.8) is 0 Å². The Morgan fingerprint density at radius 1 is 1.12 bits per heavy atom. The summed E-state index contributed by atoms with van der Waals surface area (Å²) in [6.45, 7) is 8.93. The fourth-order valence-electron chi connectivity index (χ4n) is 3.16. The van der Waals surface area contributed by atoms with Crippen LogP contribution >= 0.6 is 0 Å². The van der Waals surface area contributed by atoms with E-state index in [9.17, 15) is 4.79 Å². The summed E-state index contributed by atoms with van der Waals surface area (Å²) >= 11 is 0. The van der Waals surface area contributed by atoms with Gasteiger partial charge in [0.2, 0.25) is 0 Å². The summed E-state index contributed by atoms with van der Waals surface area (Å²) in [7, 11) is 0. The molecule has 1 fully saturated rings. The van der Waals surface area contributed by atoms with Gasteiger partial charge in [-0.15, -0.1) is 0 Å². The van der Waals surface area contributed by atoms with Gasteiger partial charge in [-0.25, -0.2) is 9.78 Å². The van der Waals surface area contributed by atoms with E-state index in [4.69, 9.17) is 4.74 Å². The number of nitrogens with zero attached hydrogens (tertiary/aromatic N) is 3. The first-order valence-electron chi connectivity index (χ1n) is 8.83. The van der Waals surface area contributed by atoms with Crippen LogP contribution in [0.25, 0.3) is 0 Å². The van der Waals surface area contributed by atoms with Gasteiger partial charge in [0.1, 0.15) is 11.4 Å². The number of esters is 1. The van der Waals surface area contributed by atoms with Crippen molar-refractivity contribution in [3.8, 4) is 0 Å². The van der Waals surface area contributed by atoms with Gasteiger partial charge in [0, 0.05) is 38.9 Å². The minimum Gasteiger partial charge on any atom is -0.462 e. The number of ether oxygens (including phenoxy) is 1. The average Bonchev–Trinajstić information content (AvgIpc) is 2.64. The number of anilines is 1. The molecule has 0 saturated carbocycles. The van der Waals surface area contributed by atoms with Crippen LogP contribution in [0.1, 0.15) is 28.4 Å². The molecule has 0 unspecified atom stereocenters. The lowest BCUT2D eigenvalue weighted by atomic mass is 10.1. The number of hydrogen-bond donors (Lipinski definition) is 0. The van der Waals surface area contributed by atoms with Gasteiger partial charge in [-0.05, 0) is 37.1 Å². The predicted molar refractivity (Wildman–Crippen MR) is 98.9 cm³/mol. The number of pyridine rings is 1. The summed E-state index contributed by atoms with van der Waals surface area (Å²) in [6.07, 6.45) is 1.73. The van der Waals surface area contributed by atoms with E-state index < -0.39 is 0 Å². The van der Waals surface area contributed by atoms with E-state index in [0.717, 1.165) is 38.5 Å². The molecule has 2 heterocycles. The van der Waals surface area contributed by atoms with E-state index in [0.29, 0.717) is 12.2 Å². The van der Waals surface area contributed by atoms with Gasteiger partial charge in [0.25, 0.3) is 0 Å². The van der Waals surface area contributed by atoms with Crippen LogP contribution in [0.5, 0.6) is 0 Å². The third-order valence-electron chi connectivity index (χ3n) is 4.61. The molecule has 1 saturated heterocycles. The molecule has 25 heavy (non-hydrogen) atoms. The normalized spacial score (nSPS) is 15.2. The van der Waals surface area contributed by atoms with E-state index in [1.807, 2.05) is 6.92 Å². The minimum absolute atomic E-state index is 0.298. The molecule has 0 radical (unpaired) electrons. The van der Waals surface area contributed by atoms with E-state index >= 15 is 0 Å². The summed E-state index contributed by atoms with van der Waals surface area (Å²) in [5.41, 5.74) is 3.26. The molecule has 132 valence electrons. The number of carbonyl (C=O) groups is 1. The summed E-state index contributed by atoms with van der Waals surface area (Å²) < 4.78 is 5.16. The molecule has 3 rings (SSSR count). The maximum Gasteiger partial charge on any atom is 0.341 e.